The van der Waals surface area contributed by atoms with E-state index in [1.54, 1.807) is 24.3 Å². The SMILES string of the molecule is N=C(CC(=O)c1ccc(Br)cc1)C(=O)O. The molecule has 0 aliphatic carbocycles. The number of rotatable bonds is 4. The predicted octanol–water partition coefficient (Wildman–Crippen LogP) is 2.13. The van der Waals surface area contributed by atoms with E-state index in [0.717, 1.165) is 4.47 Å². The Morgan fingerprint density at radius 1 is 1.27 bits per heavy atom. The van der Waals surface area contributed by atoms with E-state index in [4.69, 9.17) is 10.5 Å². The topological polar surface area (TPSA) is 78.2 Å². The van der Waals surface area contributed by atoms with Crippen molar-refractivity contribution in [1.82, 2.24) is 0 Å². The van der Waals surface area contributed by atoms with Crippen LogP contribution in [0.1, 0.15) is 16.8 Å². The minimum Gasteiger partial charge on any atom is -0.477 e. The molecule has 15 heavy (non-hydrogen) atoms. The second-order valence-electron chi connectivity index (χ2n) is 2.89. The Morgan fingerprint density at radius 3 is 2.27 bits per heavy atom. The van der Waals surface area contributed by atoms with Crippen LogP contribution >= 0.6 is 15.9 Å². The first-order valence-electron chi connectivity index (χ1n) is 4.10. The van der Waals surface area contributed by atoms with Gasteiger partial charge in [-0.3, -0.25) is 10.2 Å². The van der Waals surface area contributed by atoms with Gasteiger partial charge in [0.15, 0.2) is 5.78 Å². The van der Waals surface area contributed by atoms with Crippen LogP contribution in [0.15, 0.2) is 28.7 Å². The highest BCUT2D eigenvalue weighted by molar-refractivity contribution is 9.10. The molecule has 1 aromatic rings. The van der Waals surface area contributed by atoms with E-state index in [1.807, 2.05) is 0 Å². The van der Waals surface area contributed by atoms with Gasteiger partial charge in [0, 0.05) is 10.0 Å². The van der Waals surface area contributed by atoms with Crippen molar-refractivity contribution in [2.45, 2.75) is 6.42 Å². The summed E-state index contributed by atoms with van der Waals surface area (Å²) in [6.45, 7) is 0. The molecule has 4 nitrogen and oxygen atoms in total. The number of aliphatic carboxylic acids is 1. The zero-order valence-corrected chi connectivity index (χ0v) is 9.24. The van der Waals surface area contributed by atoms with Gasteiger partial charge in [0.05, 0.1) is 6.42 Å². The molecular weight excluding hydrogens is 262 g/mol. The van der Waals surface area contributed by atoms with Gasteiger partial charge in [0.2, 0.25) is 0 Å². The second-order valence-corrected chi connectivity index (χ2v) is 3.81. The van der Waals surface area contributed by atoms with Crippen LogP contribution in [0.3, 0.4) is 0 Å². The molecule has 0 fully saturated rings. The van der Waals surface area contributed by atoms with Crippen molar-refractivity contribution in [3.05, 3.63) is 34.3 Å². The van der Waals surface area contributed by atoms with Gasteiger partial charge in [-0.15, -0.1) is 0 Å². The zero-order chi connectivity index (χ0) is 11.4. The molecule has 78 valence electrons. The van der Waals surface area contributed by atoms with Crippen molar-refractivity contribution in [3.8, 4) is 0 Å². The fraction of sp³-hybridized carbons (Fsp3) is 0.100. The second kappa shape index (κ2) is 4.84. The monoisotopic (exact) mass is 269 g/mol. The predicted molar refractivity (Wildman–Crippen MR) is 58.5 cm³/mol. The van der Waals surface area contributed by atoms with Gasteiger partial charge in [0.25, 0.3) is 0 Å². The average Bonchev–Trinajstić information content (AvgIpc) is 2.18. The number of benzene rings is 1. The number of carboxylic acids is 1. The van der Waals surface area contributed by atoms with Crippen LogP contribution < -0.4 is 0 Å². The molecule has 0 atom stereocenters. The number of carbonyl (C=O) groups is 2. The molecule has 0 heterocycles. The molecule has 1 aromatic carbocycles. The molecule has 0 aliphatic heterocycles. The summed E-state index contributed by atoms with van der Waals surface area (Å²) in [7, 11) is 0. The lowest BCUT2D eigenvalue weighted by atomic mass is 10.1. The van der Waals surface area contributed by atoms with Crippen molar-refractivity contribution < 1.29 is 14.7 Å². The average molecular weight is 270 g/mol. The Hall–Kier alpha value is -1.49. The van der Waals surface area contributed by atoms with Crippen LogP contribution in [0, 0.1) is 5.41 Å². The van der Waals surface area contributed by atoms with Crippen LogP contribution in [0.25, 0.3) is 0 Å². The first-order valence-corrected chi connectivity index (χ1v) is 4.89. The van der Waals surface area contributed by atoms with Gasteiger partial charge in [-0.25, -0.2) is 4.79 Å². The number of halogens is 1. The summed E-state index contributed by atoms with van der Waals surface area (Å²) < 4.78 is 0.840. The quantitative estimate of drug-likeness (QED) is 0.649. The lowest BCUT2D eigenvalue weighted by Crippen LogP contribution is -2.16. The number of Topliss-reactive ketones (excluding diaryl/α,β-unsaturated/α-hetero) is 1. The van der Waals surface area contributed by atoms with Crippen molar-refractivity contribution >= 4 is 33.4 Å². The number of hydrogen-bond acceptors (Lipinski definition) is 3. The Labute approximate surface area is 94.6 Å². The first kappa shape index (κ1) is 11.6. The molecule has 5 heteroatoms. The van der Waals surface area contributed by atoms with Crippen LogP contribution in [-0.4, -0.2) is 22.6 Å². The fourth-order valence-electron chi connectivity index (χ4n) is 0.974. The van der Waals surface area contributed by atoms with Crippen molar-refractivity contribution in [2.75, 3.05) is 0 Å². The molecule has 0 amide bonds. The van der Waals surface area contributed by atoms with Gasteiger partial charge < -0.3 is 5.11 Å². The highest BCUT2D eigenvalue weighted by Crippen LogP contribution is 2.12. The van der Waals surface area contributed by atoms with Crippen LogP contribution in [-0.2, 0) is 4.79 Å². The molecule has 0 radical (unpaired) electrons. The molecule has 0 unspecified atom stereocenters. The molecule has 0 bridgehead atoms. The normalized spacial score (nSPS) is 9.67. The van der Waals surface area contributed by atoms with E-state index < -0.39 is 11.7 Å². The van der Waals surface area contributed by atoms with E-state index in [2.05, 4.69) is 15.9 Å². The van der Waals surface area contributed by atoms with Crippen LogP contribution in [0.4, 0.5) is 0 Å². The van der Waals surface area contributed by atoms with E-state index in [-0.39, 0.29) is 12.2 Å². The number of carbonyl (C=O) groups excluding carboxylic acids is 1. The molecule has 1 rings (SSSR count). The fourth-order valence-corrected chi connectivity index (χ4v) is 1.24. The summed E-state index contributed by atoms with van der Waals surface area (Å²) in [6.07, 6.45) is -0.378. The summed E-state index contributed by atoms with van der Waals surface area (Å²) in [5.41, 5.74) is -0.188. The molecule has 0 aromatic heterocycles. The van der Waals surface area contributed by atoms with Gasteiger partial charge >= 0.3 is 5.97 Å². The third-order valence-corrected chi connectivity index (χ3v) is 2.29. The van der Waals surface area contributed by atoms with E-state index in [0.29, 0.717) is 5.56 Å². The Balaban J connectivity index is 2.74. The van der Waals surface area contributed by atoms with E-state index >= 15 is 0 Å². The number of nitrogens with one attached hydrogen (secondary N) is 1. The third kappa shape index (κ3) is 3.28. The van der Waals surface area contributed by atoms with E-state index in [9.17, 15) is 9.59 Å². The number of ketones is 1. The van der Waals surface area contributed by atoms with Gasteiger partial charge in [0.1, 0.15) is 5.71 Å². The van der Waals surface area contributed by atoms with E-state index in [1.165, 1.54) is 0 Å². The smallest absolute Gasteiger partial charge is 0.349 e. The van der Waals surface area contributed by atoms with Crippen molar-refractivity contribution in [1.29, 1.82) is 5.41 Å². The maximum atomic E-state index is 11.5. The summed E-state index contributed by atoms with van der Waals surface area (Å²) in [5, 5.41) is 15.5. The van der Waals surface area contributed by atoms with Crippen molar-refractivity contribution in [3.63, 3.8) is 0 Å². The molecule has 0 saturated heterocycles. The summed E-state index contributed by atoms with van der Waals surface area (Å²) in [4.78, 5) is 21.8. The molecule has 0 aliphatic rings. The third-order valence-electron chi connectivity index (χ3n) is 1.76. The Bertz CT molecular complexity index is 411. The Kier molecular flexibility index (Phi) is 3.74. The molecule has 0 saturated carbocycles. The first-order chi connectivity index (χ1) is 7.00. The summed E-state index contributed by atoms with van der Waals surface area (Å²) in [5.74, 6) is -1.73. The minimum absolute atomic E-state index is 0.366. The summed E-state index contributed by atoms with van der Waals surface area (Å²) >= 11 is 3.22. The number of hydrogen-bond donors (Lipinski definition) is 2. The molecule has 0 spiro atoms. The lowest BCUT2D eigenvalue weighted by molar-refractivity contribution is -0.129. The highest BCUT2D eigenvalue weighted by atomic mass is 79.9. The largest absolute Gasteiger partial charge is 0.477 e. The standard InChI is InChI=1S/C10H8BrNO3/c11-7-3-1-6(2-4-7)9(13)5-8(12)10(14)15/h1-4,12H,5H2,(H,14,15). The highest BCUT2D eigenvalue weighted by Gasteiger charge is 2.13. The van der Waals surface area contributed by atoms with Crippen molar-refractivity contribution in [2.24, 2.45) is 0 Å². The lowest BCUT2D eigenvalue weighted by Gasteiger charge is -1.99. The minimum atomic E-state index is -1.36. The zero-order valence-electron chi connectivity index (χ0n) is 7.66. The van der Waals surface area contributed by atoms with Gasteiger partial charge in [-0.05, 0) is 12.1 Å². The summed E-state index contributed by atoms with van der Waals surface area (Å²) in [6, 6.07) is 6.55. The van der Waals surface area contributed by atoms with Crippen LogP contribution in [0.2, 0.25) is 0 Å². The number of carboxylic acid groups (broad SMARTS) is 1. The van der Waals surface area contributed by atoms with Gasteiger partial charge in [-0.1, -0.05) is 28.1 Å². The molecule has 2 N–H and O–H groups in total. The Morgan fingerprint density at radius 2 is 1.80 bits per heavy atom. The van der Waals surface area contributed by atoms with Gasteiger partial charge in [-0.2, -0.15) is 0 Å². The molecular formula is C10H8BrNO3. The van der Waals surface area contributed by atoms with Crippen LogP contribution in [0.5, 0.6) is 0 Å². The maximum Gasteiger partial charge on any atom is 0.349 e. The maximum absolute atomic E-state index is 11.5.